The van der Waals surface area contributed by atoms with Crippen LogP contribution in [0.5, 0.6) is 0 Å². The maximum absolute atomic E-state index is 15.4. The summed E-state index contributed by atoms with van der Waals surface area (Å²) in [5, 5.41) is 2.25. The fourth-order valence-electron chi connectivity index (χ4n) is 8.22. The number of fused-ring (bicyclic) bond motifs is 4. The van der Waals surface area contributed by atoms with Gasteiger partial charge in [0, 0.05) is 21.9 Å². The Balaban J connectivity index is 1.31. The third-order valence-electron chi connectivity index (χ3n) is 11.2. The molecule has 0 aliphatic carbocycles. The van der Waals surface area contributed by atoms with Crippen molar-refractivity contribution in [2.45, 2.75) is 52.4 Å². The van der Waals surface area contributed by atoms with E-state index in [1.165, 1.54) is 16.0 Å². The Bertz CT molecular complexity index is 2700. The van der Waals surface area contributed by atoms with Gasteiger partial charge in [-0.25, -0.2) is 4.90 Å². The molecule has 7 aromatic carbocycles. The van der Waals surface area contributed by atoms with Crippen molar-refractivity contribution in [3.05, 3.63) is 180 Å². The van der Waals surface area contributed by atoms with E-state index in [0.29, 0.717) is 22.5 Å². The summed E-state index contributed by atoms with van der Waals surface area (Å²) in [5.74, 6) is -0.672. The van der Waals surface area contributed by atoms with Crippen LogP contribution in [0.2, 0.25) is 0 Å². The molecule has 1 aromatic heterocycles. The van der Waals surface area contributed by atoms with E-state index in [-0.39, 0.29) is 22.6 Å². The summed E-state index contributed by atoms with van der Waals surface area (Å²) in [6.45, 7) is 13.4. The summed E-state index contributed by atoms with van der Waals surface area (Å²) >= 11 is 0. The SMILES string of the molecule is CC(C)(C)c1ccc2c(c1)c1cc(C(C)(C)C)ccc1n2-c1cccc2c1C(=O)N(c1c(-c3ccccc3)cc(-c3ccccc3)cc1-c1ccccc1)C2=O. The van der Waals surface area contributed by atoms with E-state index in [9.17, 15) is 4.79 Å². The highest BCUT2D eigenvalue weighted by molar-refractivity contribution is 6.37. The number of rotatable bonds is 5. The molecule has 56 heavy (non-hydrogen) atoms. The Morgan fingerprint density at radius 2 is 0.875 bits per heavy atom. The standard InChI is InChI=1S/C52H44N2O2/c1-51(2,3)37-25-27-44-42(31-37)43-32-38(52(4,5)6)26-28-45(43)53(44)46-24-16-23-39-47(46)50(56)54(49(39)55)48-40(34-19-12-8-13-20-34)29-36(33-17-10-7-11-18-33)30-41(48)35-21-14-9-15-22-35/h7-32H,1-6H3. The minimum Gasteiger partial charge on any atom is -0.308 e. The molecule has 1 aliphatic rings. The van der Waals surface area contributed by atoms with Gasteiger partial charge < -0.3 is 4.57 Å². The summed E-state index contributed by atoms with van der Waals surface area (Å²) in [7, 11) is 0. The number of carbonyl (C=O) groups excluding carboxylic acids is 2. The number of imide groups is 1. The van der Waals surface area contributed by atoms with Crippen LogP contribution in [-0.2, 0) is 10.8 Å². The van der Waals surface area contributed by atoms with Crippen LogP contribution < -0.4 is 4.90 Å². The second-order valence-electron chi connectivity index (χ2n) is 17.0. The van der Waals surface area contributed by atoms with Gasteiger partial charge in [0.05, 0.1) is 33.5 Å². The zero-order valence-electron chi connectivity index (χ0n) is 32.7. The lowest BCUT2D eigenvalue weighted by molar-refractivity contribution is 0.0926. The normalized spacial score (nSPS) is 13.2. The predicted octanol–water partition coefficient (Wildman–Crippen LogP) is 13.2. The fraction of sp³-hybridized carbons (Fsp3) is 0.154. The molecule has 0 spiro atoms. The quantitative estimate of drug-likeness (QED) is 0.166. The van der Waals surface area contributed by atoms with Crippen LogP contribution in [0.1, 0.15) is 73.4 Å². The van der Waals surface area contributed by atoms with E-state index in [2.05, 4.69) is 107 Å². The molecule has 4 heteroatoms. The Morgan fingerprint density at radius 3 is 1.34 bits per heavy atom. The lowest BCUT2D eigenvalue weighted by atomic mass is 9.85. The molecule has 0 fully saturated rings. The average molecular weight is 729 g/mol. The van der Waals surface area contributed by atoms with Crippen LogP contribution in [0.15, 0.2) is 158 Å². The Labute approximate surface area is 328 Å². The second-order valence-corrected chi connectivity index (χ2v) is 17.0. The highest BCUT2D eigenvalue weighted by atomic mass is 16.2. The van der Waals surface area contributed by atoms with E-state index in [1.807, 2.05) is 91.0 Å². The van der Waals surface area contributed by atoms with Crippen molar-refractivity contribution in [2.75, 3.05) is 4.90 Å². The van der Waals surface area contributed by atoms with Gasteiger partial charge in [-0.15, -0.1) is 0 Å². The smallest absolute Gasteiger partial charge is 0.268 e. The van der Waals surface area contributed by atoms with Crippen LogP contribution in [-0.4, -0.2) is 16.4 Å². The molecule has 274 valence electrons. The molecular formula is C52H44N2O2. The molecule has 2 amide bonds. The van der Waals surface area contributed by atoms with E-state index in [1.54, 1.807) is 6.07 Å². The average Bonchev–Trinajstić information content (AvgIpc) is 3.67. The summed E-state index contributed by atoms with van der Waals surface area (Å²) in [4.78, 5) is 31.8. The van der Waals surface area contributed by atoms with E-state index < -0.39 is 0 Å². The minimum atomic E-state index is -0.338. The lowest BCUT2D eigenvalue weighted by Crippen LogP contribution is -2.30. The number of carbonyl (C=O) groups is 2. The van der Waals surface area contributed by atoms with Gasteiger partial charge in [0.25, 0.3) is 11.8 Å². The fourth-order valence-corrected chi connectivity index (χ4v) is 8.22. The van der Waals surface area contributed by atoms with E-state index in [4.69, 9.17) is 0 Å². The Morgan fingerprint density at radius 1 is 0.411 bits per heavy atom. The van der Waals surface area contributed by atoms with Gasteiger partial charge in [0.2, 0.25) is 0 Å². The van der Waals surface area contributed by atoms with Gasteiger partial charge in [0.1, 0.15) is 0 Å². The number of hydrogen-bond donors (Lipinski definition) is 0. The first-order valence-electron chi connectivity index (χ1n) is 19.4. The Hall–Kier alpha value is -6.52. The summed E-state index contributed by atoms with van der Waals surface area (Å²) in [6, 6.07) is 53.6. The first-order chi connectivity index (χ1) is 26.9. The number of benzene rings is 7. The summed E-state index contributed by atoms with van der Waals surface area (Å²) in [6.07, 6.45) is 0. The topological polar surface area (TPSA) is 42.3 Å². The molecule has 8 aromatic rings. The maximum Gasteiger partial charge on any atom is 0.268 e. The van der Waals surface area contributed by atoms with Crippen molar-refractivity contribution in [3.63, 3.8) is 0 Å². The third kappa shape index (κ3) is 5.76. The summed E-state index contributed by atoms with van der Waals surface area (Å²) < 4.78 is 2.19. The van der Waals surface area contributed by atoms with Crippen LogP contribution in [0.3, 0.4) is 0 Å². The van der Waals surface area contributed by atoms with Gasteiger partial charge >= 0.3 is 0 Å². The summed E-state index contributed by atoms with van der Waals surface area (Å²) in [5.41, 5.74) is 11.9. The first kappa shape index (κ1) is 35.2. The molecule has 0 saturated carbocycles. The van der Waals surface area contributed by atoms with Gasteiger partial charge in [-0.3, -0.25) is 9.59 Å². The maximum atomic E-state index is 15.4. The number of nitrogens with zero attached hydrogens (tertiary/aromatic N) is 2. The molecular weight excluding hydrogens is 685 g/mol. The molecule has 9 rings (SSSR count). The van der Waals surface area contributed by atoms with Gasteiger partial charge in [-0.2, -0.15) is 0 Å². The van der Waals surface area contributed by atoms with E-state index in [0.717, 1.165) is 55.2 Å². The van der Waals surface area contributed by atoms with Gasteiger partial charge in [0.15, 0.2) is 0 Å². The first-order valence-corrected chi connectivity index (χ1v) is 19.4. The molecule has 0 radical (unpaired) electrons. The van der Waals surface area contributed by atoms with Crippen molar-refractivity contribution in [2.24, 2.45) is 0 Å². The number of anilines is 1. The largest absolute Gasteiger partial charge is 0.308 e. The van der Waals surface area contributed by atoms with Crippen LogP contribution in [0, 0.1) is 0 Å². The number of amides is 2. The van der Waals surface area contributed by atoms with Crippen molar-refractivity contribution >= 4 is 39.3 Å². The van der Waals surface area contributed by atoms with Crippen LogP contribution in [0.25, 0.3) is 60.9 Å². The lowest BCUT2D eigenvalue weighted by Gasteiger charge is -2.24. The molecule has 0 atom stereocenters. The van der Waals surface area contributed by atoms with Crippen molar-refractivity contribution < 1.29 is 9.59 Å². The molecule has 0 unspecified atom stereocenters. The molecule has 0 bridgehead atoms. The van der Waals surface area contributed by atoms with Crippen molar-refractivity contribution in [3.8, 4) is 39.1 Å². The van der Waals surface area contributed by atoms with Crippen LogP contribution >= 0.6 is 0 Å². The molecule has 0 N–H and O–H groups in total. The van der Waals surface area contributed by atoms with Crippen molar-refractivity contribution in [1.29, 1.82) is 0 Å². The number of aromatic nitrogens is 1. The zero-order valence-corrected chi connectivity index (χ0v) is 32.7. The highest BCUT2D eigenvalue weighted by Crippen LogP contribution is 2.47. The monoisotopic (exact) mass is 728 g/mol. The highest BCUT2D eigenvalue weighted by Gasteiger charge is 2.42. The third-order valence-corrected chi connectivity index (χ3v) is 11.2. The number of hydrogen-bond acceptors (Lipinski definition) is 2. The second kappa shape index (κ2) is 13.1. The van der Waals surface area contributed by atoms with Crippen molar-refractivity contribution in [1.82, 2.24) is 4.57 Å². The van der Waals surface area contributed by atoms with Crippen LogP contribution in [0.4, 0.5) is 5.69 Å². The zero-order chi connectivity index (χ0) is 38.9. The minimum absolute atomic E-state index is 0.0515. The molecule has 2 heterocycles. The molecule has 4 nitrogen and oxygen atoms in total. The molecule has 1 aliphatic heterocycles. The predicted molar refractivity (Wildman–Crippen MR) is 232 cm³/mol. The van der Waals surface area contributed by atoms with Gasteiger partial charge in [-0.05, 0) is 92.7 Å². The van der Waals surface area contributed by atoms with Gasteiger partial charge in [-0.1, -0.05) is 151 Å². The Kier molecular flexibility index (Phi) is 8.21. The van der Waals surface area contributed by atoms with E-state index >= 15 is 4.79 Å². The molecule has 0 saturated heterocycles.